The Balaban J connectivity index is 2.87. The fourth-order valence-corrected chi connectivity index (χ4v) is 1.76. The minimum Gasteiger partial charge on any atom is -0.478 e. The van der Waals surface area contributed by atoms with Gasteiger partial charge >= 0.3 is 5.97 Å². The maximum Gasteiger partial charge on any atom is 0.336 e. The Hall–Kier alpha value is -1.49. The molecule has 76 valence electrons. The Bertz CT molecular complexity index is 556. The first-order valence-electron chi connectivity index (χ1n) is 4.07. The van der Waals surface area contributed by atoms with Gasteiger partial charge in [-0.1, -0.05) is 0 Å². The molecule has 0 fully saturated rings. The average Bonchev–Trinajstić information content (AvgIpc) is 2.17. The third-order valence-corrected chi connectivity index (χ3v) is 2.38. The van der Waals surface area contributed by atoms with Gasteiger partial charge in [-0.25, -0.2) is 14.2 Å². The first-order valence-corrected chi connectivity index (χ1v) is 4.86. The lowest BCUT2D eigenvalue weighted by molar-refractivity contribution is 0.0699. The maximum atomic E-state index is 12.9. The second kappa shape index (κ2) is 3.58. The molecule has 0 bridgehead atoms. The molecule has 0 saturated heterocycles. The Morgan fingerprint density at radius 3 is 2.80 bits per heavy atom. The maximum absolute atomic E-state index is 12.9. The summed E-state index contributed by atoms with van der Waals surface area (Å²) in [4.78, 5) is 15.0. The van der Waals surface area contributed by atoms with Crippen LogP contribution >= 0.6 is 15.9 Å². The highest BCUT2D eigenvalue weighted by Gasteiger charge is 2.11. The summed E-state index contributed by atoms with van der Waals surface area (Å²) in [5, 5.41) is 9.22. The first-order chi connectivity index (χ1) is 7.08. The number of nitrogens with zero attached hydrogens (tertiary/aromatic N) is 1. The van der Waals surface area contributed by atoms with Crippen molar-refractivity contribution >= 4 is 32.8 Å². The lowest BCUT2D eigenvalue weighted by Gasteiger charge is -2.02. The third kappa shape index (κ3) is 1.83. The number of benzene rings is 1. The number of pyridine rings is 1. The number of aromatic carboxylic acids is 1. The highest BCUT2D eigenvalue weighted by Crippen LogP contribution is 2.22. The van der Waals surface area contributed by atoms with Crippen molar-refractivity contribution in [1.29, 1.82) is 0 Å². The van der Waals surface area contributed by atoms with Gasteiger partial charge in [-0.15, -0.1) is 0 Å². The number of halogens is 2. The molecule has 3 nitrogen and oxygen atoms in total. The van der Waals surface area contributed by atoms with E-state index in [1.165, 1.54) is 18.2 Å². The average molecular weight is 270 g/mol. The van der Waals surface area contributed by atoms with Crippen LogP contribution in [-0.2, 0) is 0 Å². The summed E-state index contributed by atoms with van der Waals surface area (Å²) in [7, 11) is 0. The fraction of sp³-hybridized carbons (Fsp3) is 0. The molecule has 0 aliphatic heterocycles. The van der Waals surface area contributed by atoms with Gasteiger partial charge in [-0.05, 0) is 40.2 Å². The van der Waals surface area contributed by atoms with Crippen molar-refractivity contribution in [3.05, 3.63) is 40.2 Å². The zero-order valence-corrected chi connectivity index (χ0v) is 8.95. The number of carboxylic acids is 1. The van der Waals surface area contributed by atoms with Gasteiger partial charge < -0.3 is 5.11 Å². The van der Waals surface area contributed by atoms with Crippen LogP contribution in [0.3, 0.4) is 0 Å². The number of carboxylic acid groups (broad SMARTS) is 1. The van der Waals surface area contributed by atoms with E-state index in [1.54, 1.807) is 0 Å². The van der Waals surface area contributed by atoms with Crippen molar-refractivity contribution in [2.45, 2.75) is 0 Å². The van der Waals surface area contributed by atoms with Crippen LogP contribution in [-0.4, -0.2) is 16.1 Å². The molecule has 1 aromatic carbocycles. The van der Waals surface area contributed by atoms with Crippen LogP contribution in [0, 0.1) is 5.82 Å². The third-order valence-electron chi connectivity index (χ3n) is 1.97. The number of aromatic nitrogens is 1. The van der Waals surface area contributed by atoms with Gasteiger partial charge in [0.1, 0.15) is 10.4 Å². The zero-order valence-electron chi connectivity index (χ0n) is 7.37. The lowest BCUT2D eigenvalue weighted by Crippen LogP contribution is -1.99. The summed E-state index contributed by atoms with van der Waals surface area (Å²) < 4.78 is 13.4. The SMILES string of the molecule is O=C(O)c1cc(Br)nc2ccc(F)cc12. The largest absolute Gasteiger partial charge is 0.478 e. The standard InChI is InChI=1S/C10H5BrFNO2/c11-9-4-7(10(14)15)6-3-5(12)1-2-8(6)13-9/h1-4H,(H,14,15). The van der Waals surface area contributed by atoms with Crippen molar-refractivity contribution in [2.75, 3.05) is 0 Å². The highest BCUT2D eigenvalue weighted by atomic mass is 79.9. The van der Waals surface area contributed by atoms with Crippen molar-refractivity contribution in [3.8, 4) is 0 Å². The zero-order chi connectivity index (χ0) is 11.0. The molecule has 2 aromatic rings. The van der Waals surface area contributed by atoms with Gasteiger partial charge in [-0.3, -0.25) is 0 Å². The molecule has 0 aliphatic rings. The van der Waals surface area contributed by atoms with E-state index in [4.69, 9.17) is 5.11 Å². The predicted molar refractivity (Wildman–Crippen MR) is 56.4 cm³/mol. The second-order valence-electron chi connectivity index (χ2n) is 2.96. The smallest absolute Gasteiger partial charge is 0.336 e. The van der Waals surface area contributed by atoms with Crippen LogP contribution in [0.2, 0.25) is 0 Å². The minimum absolute atomic E-state index is 0.0337. The van der Waals surface area contributed by atoms with E-state index in [2.05, 4.69) is 20.9 Å². The number of hydrogen-bond donors (Lipinski definition) is 1. The number of carbonyl (C=O) groups is 1. The van der Waals surface area contributed by atoms with Crippen LogP contribution in [0.4, 0.5) is 4.39 Å². The van der Waals surface area contributed by atoms with E-state index < -0.39 is 11.8 Å². The summed E-state index contributed by atoms with van der Waals surface area (Å²) in [6.45, 7) is 0. The molecule has 1 aromatic heterocycles. The fourth-order valence-electron chi connectivity index (χ4n) is 1.34. The molecule has 0 aliphatic carbocycles. The van der Waals surface area contributed by atoms with E-state index in [0.717, 1.165) is 6.07 Å². The molecule has 2 rings (SSSR count). The van der Waals surface area contributed by atoms with Crippen molar-refractivity contribution in [1.82, 2.24) is 4.98 Å². The number of hydrogen-bond acceptors (Lipinski definition) is 2. The molecule has 0 amide bonds. The topological polar surface area (TPSA) is 50.2 Å². The van der Waals surface area contributed by atoms with Gasteiger partial charge in [0.15, 0.2) is 0 Å². The van der Waals surface area contributed by atoms with Crippen molar-refractivity contribution in [2.24, 2.45) is 0 Å². The normalized spacial score (nSPS) is 10.5. The van der Waals surface area contributed by atoms with Crippen LogP contribution < -0.4 is 0 Å². The molecule has 15 heavy (non-hydrogen) atoms. The number of rotatable bonds is 1. The summed E-state index contributed by atoms with van der Waals surface area (Å²) in [5.41, 5.74) is 0.481. The Labute approximate surface area is 92.7 Å². The van der Waals surface area contributed by atoms with Crippen molar-refractivity contribution in [3.63, 3.8) is 0 Å². The monoisotopic (exact) mass is 269 g/mol. The van der Waals surface area contributed by atoms with Crippen LogP contribution in [0.1, 0.15) is 10.4 Å². The molecule has 0 saturated carbocycles. The quantitative estimate of drug-likeness (QED) is 0.810. The molecule has 0 spiro atoms. The molecule has 0 radical (unpaired) electrons. The Morgan fingerprint density at radius 1 is 1.40 bits per heavy atom. The predicted octanol–water partition coefficient (Wildman–Crippen LogP) is 2.83. The van der Waals surface area contributed by atoms with E-state index >= 15 is 0 Å². The van der Waals surface area contributed by atoms with Gasteiger partial charge in [0.05, 0.1) is 11.1 Å². The number of fused-ring (bicyclic) bond motifs is 1. The Morgan fingerprint density at radius 2 is 2.13 bits per heavy atom. The lowest BCUT2D eigenvalue weighted by atomic mass is 10.1. The van der Waals surface area contributed by atoms with Crippen molar-refractivity contribution < 1.29 is 14.3 Å². The highest BCUT2D eigenvalue weighted by molar-refractivity contribution is 9.10. The molecule has 1 heterocycles. The van der Waals surface area contributed by atoms with E-state index in [0.29, 0.717) is 15.5 Å². The molecular weight excluding hydrogens is 265 g/mol. The van der Waals surface area contributed by atoms with Gasteiger partial charge in [0.2, 0.25) is 0 Å². The molecule has 1 N–H and O–H groups in total. The van der Waals surface area contributed by atoms with Crippen LogP contribution in [0.5, 0.6) is 0 Å². The van der Waals surface area contributed by atoms with Gasteiger partial charge in [-0.2, -0.15) is 0 Å². The molecule has 0 atom stereocenters. The second-order valence-corrected chi connectivity index (χ2v) is 3.77. The van der Waals surface area contributed by atoms with Gasteiger partial charge in [0, 0.05) is 5.39 Å². The van der Waals surface area contributed by atoms with Crippen LogP contribution in [0.15, 0.2) is 28.9 Å². The van der Waals surface area contributed by atoms with E-state index in [-0.39, 0.29) is 5.56 Å². The minimum atomic E-state index is -1.10. The molecule has 0 unspecified atom stereocenters. The Kier molecular flexibility index (Phi) is 2.40. The summed E-state index contributed by atoms with van der Waals surface area (Å²) in [6.07, 6.45) is 0. The summed E-state index contributed by atoms with van der Waals surface area (Å²) in [6, 6.07) is 5.21. The van der Waals surface area contributed by atoms with Crippen LogP contribution in [0.25, 0.3) is 10.9 Å². The van der Waals surface area contributed by atoms with Gasteiger partial charge in [0.25, 0.3) is 0 Å². The van der Waals surface area contributed by atoms with E-state index in [1.807, 2.05) is 0 Å². The molecular formula is C10H5BrFNO2. The first kappa shape index (κ1) is 10.0. The summed E-state index contributed by atoms with van der Waals surface area (Å²) in [5.74, 6) is -1.58. The van der Waals surface area contributed by atoms with E-state index in [9.17, 15) is 9.18 Å². The molecule has 5 heteroatoms. The summed E-state index contributed by atoms with van der Waals surface area (Å²) >= 11 is 3.10.